The Labute approximate surface area is 120 Å². The summed E-state index contributed by atoms with van der Waals surface area (Å²) in [6, 6.07) is 13.4. The highest BCUT2D eigenvalue weighted by molar-refractivity contribution is 5.48. The molecule has 0 spiro atoms. The fourth-order valence-corrected chi connectivity index (χ4v) is 2.01. The number of halogens is 2. The van der Waals surface area contributed by atoms with Crippen LogP contribution in [-0.4, -0.2) is 9.78 Å². The lowest BCUT2D eigenvalue weighted by atomic mass is 10.2. The first-order valence-electron chi connectivity index (χ1n) is 6.50. The summed E-state index contributed by atoms with van der Waals surface area (Å²) < 4.78 is 27.7. The maximum atomic E-state index is 13.1. The Morgan fingerprint density at radius 1 is 1.00 bits per heavy atom. The Bertz CT molecular complexity index is 722. The molecule has 0 aliphatic carbocycles. The van der Waals surface area contributed by atoms with Crippen molar-refractivity contribution < 1.29 is 8.78 Å². The first-order chi connectivity index (χ1) is 10.2. The molecule has 0 amide bonds. The molecular weight excluding hydrogens is 272 g/mol. The first-order valence-corrected chi connectivity index (χ1v) is 6.50. The van der Waals surface area contributed by atoms with Gasteiger partial charge in [0.05, 0.1) is 5.69 Å². The molecule has 0 atom stereocenters. The van der Waals surface area contributed by atoms with Gasteiger partial charge in [0.15, 0.2) is 11.6 Å². The minimum atomic E-state index is -0.831. The fraction of sp³-hybridized carbons (Fsp3) is 0.0625. The van der Waals surface area contributed by atoms with Crippen molar-refractivity contribution in [3.8, 4) is 5.69 Å². The summed E-state index contributed by atoms with van der Waals surface area (Å²) in [4.78, 5) is 0. The molecule has 3 rings (SSSR count). The van der Waals surface area contributed by atoms with Crippen LogP contribution < -0.4 is 5.32 Å². The SMILES string of the molecule is Fc1ccc(CNc2ccc(-n3cccn3)cc2)cc1F. The van der Waals surface area contributed by atoms with Crippen LogP contribution in [0.4, 0.5) is 14.5 Å². The number of hydrogen-bond donors (Lipinski definition) is 1. The van der Waals surface area contributed by atoms with Crippen LogP contribution in [0.25, 0.3) is 5.69 Å². The zero-order valence-corrected chi connectivity index (χ0v) is 11.1. The second kappa shape index (κ2) is 5.75. The van der Waals surface area contributed by atoms with Crippen molar-refractivity contribution in [2.24, 2.45) is 0 Å². The molecule has 0 saturated carbocycles. The minimum absolute atomic E-state index is 0.429. The standard InChI is InChI=1S/C16H13F2N3/c17-15-7-2-12(10-16(15)18)11-19-13-3-5-14(6-4-13)21-9-1-8-20-21/h1-10,19H,11H2. The van der Waals surface area contributed by atoms with Crippen LogP contribution in [0.15, 0.2) is 60.9 Å². The Hall–Kier alpha value is -2.69. The zero-order chi connectivity index (χ0) is 14.7. The van der Waals surface area contributed by atoms with Crippen molar-refractivity contribution in [3.63, 3.8) is 0 Å². The highest BCUT2D eigenvalue weighted by atomic mass is 19.2. The monoisotopic (exact) mass is 285 g/mol. The number of hydrogen-bond acceptors (Lipinski definition) is 2. The second-order valence-electron chi connectivity index (χ2n) is 4.60. The van der Waals surface area contributed by atoms with Crippen molar-refractivity contribution >= 4 is 5.69 Å². The molecule has 3 nitrogen and oxygen atoms in total. The molecule has 1 heterocycles. The molecule has 0 aliphatic heterocycles. The van der Waals surface area contributed by atoms with Gasteiger partial charge in [-0.05, 0) is 48.0 Å². The van der Waals surface area contributed by atoms with Gasteiger partial charge in [-0.3, -0.25) is 0 Å². The number of anilines is 1. The summed E-state index contributed by atoms with van der Waals surface area (Å²) in [6.07, 6.45) is 3.58. The van der Waals surface area contributed by atoms with Gasteiger partial charge in [0, 0.05) is 24.6 Å². The van der Waals surface area contributed by atoms with E-state index in [1.54, 1.807) is 16.9 Å². The maximum Gasteiger partial charge on any atom is 0.159 e. The van der Waals surface area contributed by atoms with Crippen LogP contribution in [-0.2, 0) is 6.54 Å². The first kappa shape index (κ1) is 13.3. The van der Waals surface area contributed by atoms with Gasteiger partial charge in [0.1, 0.15) is 0 Å². The van der Waals surface area contributed by atoms with Gasteiger partial charge < -0.3 is 5.32 Å². The number of rotatable bonds is 4. The van der Waals surface area contributed by atoms with Crippen LogP contribution in [0.5, 0.6) is 0 Å². The Kier molecular flexibility index (Phi) is 3.64. The van der Waals surface area contributed by atoms with E-state index < -0.39 is 11.6 Å². The number of benzene rings is 2. The predicted octanol–water partition coefficient (Wildman–Crippen LogP) is 3.76. The third-order valence-electron chi connectivity index (χ3n) is 3.12. The molecule has 0 saturated heterocycles. The van der Waals surface area contributed by atoms with Crippen molar-refractivity contribution in [1.29, 1.82) is 0 Å². The largest absolute Gasteiger partial charge is 0.381 e. The molecule has 1 N–H and O–H groups in total. The Morgan fingerprint density at radius 3 is 2.48 bits per heavy atom. The quantitative estimate of drug-likeness (QED) is 0.791. The van der Waals surface area contributed by atoms with E-state index in [1.165, 1.54) is 6.07 Å². The maximum absolute atomic E-state index is 13.1. The van der Waals surface area contributed by atoms with Gasteiger partial charge in [-0.25, -0.2) is 13.5 Å². The molecule has 106 valence electrons. The normalized spacial score (nSPS) is 10.6. The molecule has 0 bridgehead atoms. The van der Waals surface area contributed by atoms with Crippen molar-refractivity contribution in [1.82, 2.24) is 9.78 Å². The smallest absolute Gasteiger partial charge is 0.159 e. The van der Waals surface area contributed by atoms with E-state index in [4.69, 9.17) is 0 Å². The van der Waals surface area contributed by atoms with Gasteiger partial charge in [-0.2, -0.15) is 5.10 Å². The van der Waals surface area contributed by atoms with Crippen LogP contribution in [0.1, 0.15) is 5.56 Å². The summed E-state index contributed by atoms with van der Waals surface area (Å²) in [6.45, 7) is 0.429. The van der Waals surface area contributed by atoms with E-state index in [0.717, 1.165) is 17.4 Å². The highest BCUT2D eigenvalue weighted by Crippen LogP contribution is 2.15. The topological polar surface area (TPSA) is 29.9 Å². The summed E-state index contributed by atoms with van der Waals surface area (Å²) in [5, 5.41) is 7.31. The van der Waals surface area contributed by atoms with E-state index in [0.29, 0.717) is 12.1 Å². The van der Waals surface area contributed by atoms with Crippen molar-refractivity contribution in [2.75, 3.05) is 5.32 Å². The zero-order valence-electron chi connectivity index (χ0n) is 11.1. The third kappa shape index (κ3) is 3.08. The molecule has 0 aliphatic rings. The highest BCUT2D eigenvalue weighted by Gasteiger charge is 2.02. The molecule has 1 aromatic heterocycles. The summed E-state index contributed by atoms with van der Waals surface area (Å²) in [5.74, 6) is -1.66. The minimum Gasteiger partial charge on any atom is -0.381 e. The van der Waals surface area contributed by atoms with Gasteiger partial charge in [0.25, 0.3) is 0 Å². The molecular formula is C16H13F2N3. The molecule has 0 unspecified atom stereocenters. The number of nitrogens with one attached hydrogen (secondary N) is 1. The third-order valence-corrected chi connectivity index (χ3v) is 3.12. The van der Waals surface area contributed by atoms with Crippen molar-refractivity contribution in [2.45, 2.75) is 6.54 Å². The summed E-state index contributed by atoms with van der Waals surface area (Å²) in [7, 11) is 0. The molecule has 3 aromatic rings. The van der Waals surface area contributed by atoms with Gasteiger partial charge in [-0.15, -0.1) is 0 Å². The van der Waals surface area contributed by atoms with Crippen LogP contribution >= 0.6 is 0 Å². The van der Waals surface area contributed by atoms with Gasteiger partial charge in [-0.1, -0.05) is 6.07 Å². The van der Waals surface area contributed by atoms with Crippen LogP contribution in [0.2, 0.25) is 0 Å². The average Bonchev–Trinajstić information content (AvgIpc) is 3.03. The molecule has 0 radical (unpaired) electrons. The van der Waals surface area contributed by atoms with E-state index >= 15 is 0 Å². The van der Waals surface area contributed by atoms with E-state index in [1.807, 2.05) is 36.5 Å². The van der Waals surface area contributed by atoms with Crippen molar-refractivity contribution in [3.05, 3.63) is 78.1 Å². The Balaban J connectivity index is 1.66. The lowest BCUT2D eigenvalue weighted by Crippen LogP contribution is -2.01. The molecule has 2 aromatic carbocycles. The predicted molar refractivity (Wildman–Crippen MR) is 77.2 cm³/mol. The van der Waals surface area contributed by atoms with Crippen LogP contribution in [0, 0.1) is 11.6 Å². The number of nitrogens with zero attached hydrogens (tertiary/aromatic N) is 2. The van der Waals surface area contributed by atoms with E-state index in [9.17, 15) is 8.78 Å². The van der Waals surface area contributed by atoms with E-state index in [-0.39, 0.29) is 0 Å². The van der Waals surface area contributed by atoms with Gasteiger partial charge >= 0.3 is 0 Å². The molecule has 21 heavy (non-hydrogen) atoms. The second-order valence-corrected chi connectivity index (χ2v) is 4.60. The molecule has 0 fully saturated rings. The lowest BCUT2D eigenvalue weighted by molar-refractivity contribution is 0.507. The van der Waals surface area contributed by atoms with Crippen LogP contribution in [0.3, 0.4) is 0 Å². The lowest BCUT2D eigenvalue weighted by Gasteiger charge is -2.08. The fourth-order valence-electron chi connectivity index (χ4n) is 2.01. The summed E-state index contributed by atoms with van der Waals surface area (Å²) in [5.41, 5.74) is 2.54. The van der Waals surface area contributed by atoms with E-state index in [2.05, 4.69) is 10.4 Å². The average molecular weight is 285 g/mol. The number of aromatic nitrogens is 2. The molecule has 5 heteroatoms. The summed E-state index contributed by atoms with van der Waals surface area (Å²) >= 11 is 0. The Morgan fingerprint density at radius 2 is 1.81 bits per heavy atom. The van der Waals surface area contributed by atoms with Gasteiger partial charge in [0.2, 0.25) is 0 Å².